The first-order valence-corrected chi connectivity index (χ1v) is 16.1. The van der Waals surface area contributed by atoms with E-state index in [4.69, 9.17) is 5.73 Å². The summed E-state index contributed by atoms with van der Waals surface area (Å²) in [5.74, 6) is -3.24. The number of hydrogen-bond donors (Lipinski definition) is 4. The molecule has 13 nitrogen and oxygen atoms in total. The third-order valence-corrected chi connectivity index (χ3v) is 9.04. The lowest BCUT2D eigenvalue weighted by molar-refractivity contribution is -0.136. The molecule has 0 fully saturated rings. The quantitative estimate of drug-likeness (QED) is 0.170. The molecule has 0 saturated heterocycles. The summed E-state index contributed by atoms with van der Waals surface area (Å²) < 4.78 is 30.8. The fourth-order valence-corrected chi connectivity index (χ4v) is 6.26. The molecule has 1 heterocycles. The van der Waals surface area contributed by atoms with E-state index in [0.717, 1.165) is 23.1 Å². The number of hydrogen-bond acceptors (Lipinski definition) is 8. The molecule has 3 amide bonds. The first-order valence-electron chi connectivity index (χ1n) is 14.6. The molecule has 5 N–H and O–H groups in total. The van der Waals surface area contributed by atoms with Crippen LogP contribution in [0, 0.1) is 5.92 Å². The van der Waals surface area contributed by atoms with Crippen molar-refractivity contribution in [2.24, 2.45) is 11.7 Å². The van der Waals surface area contributed by atoms with E-state index in [1.54, 1.807) is 24.3 Å². The van der Waals surface area contributed by atoms with Crippen LogP contribution in [0.2, 0.25) is 0 Å². The molecule has 0 saturated carbocycles. The van der Waals surface area contributed by atoms with Crippen LogP contribution in [0.15, 0.2) is 64.4 Å². The lowest BCUT2D eigenvalue weighted by Crippen LogP contribution is -2.45. The topological polar surface area (TPSA) is 190 Å². The predicted molar refractivity (Wildman–Crippen MR) is 172 cm³/mol. The number of Topliss-reactive ketones (excluding diaryl/α,β-unsaturated/α-hetero) is 1. The molecule has 1 aromatic heterocycles. The number of pyridine rings is 1. The number of benzene rings is 2. The number of nitrogens with two attached hydrogens (primary N) is 1. The Bertz CT molecular complexity index is 1730. The Labute approximate surface area is 262 Å². The molecule has 0 radical (unpaired) electrons. The SMILES string of the molecule is CCC(CC)CNC(=O)Cn1cccc(NC(=O)C(CCC(=O)C(N)=O)NS(=O)(=O)c2cccc3c(N(C)C)cccc23)c1=O. The van der Waals surface area contributed by atoms with Gasteiger partial charge in [0, 0.05) is 49.7 Å². The highest BCUT2D eigenvalue weighted by Gasteiger charge is 2.29. The molecule has 3 rings (SSSR count). The van der Waals surface area contributed by atoms with Crippen LogP contribution in [0.4, 0.5) is 11.4 Å². The number of anilines is 2. The fraction of sp³-hybridized carbons (Fsp3) is 0.387. The van der Waals surface area contributed by atoms with Gasteiger partial charge in [-0.25, -0.2) is 8.42 Å². The van der Waals surface area contributed by atoms with Crippen molar-refractivity contribution in [3.8, 4) is 0 Å². The summed E-state index contributed by atoms with van der Waals surface area (Å²) in [5, 5.41) is 6.28. The molecule has 242 valence electrons. The summed E-state index contributed by atoms with van der Waals surface area (Å²) >= 11 is 0. The van der Waals surface area contributed by atoms with Crippen molar-refractivity contribution in [1.82, 2.24) is 14.6 Å². The number of aromatic nitrogens is 1. The Morgan fingerprint density at radius 1 is 0.956 bits per heavy atom. The number of nitrogens with zero attached hydrogens (tertiary/aromatic N) is 2. The van der Waals surface area contributed by atoms with Crippen molar-refractivity contribution in [2.75, 3.05) is 30.9 Å². The maximum absolute atomic E-state index is 13.7. The van der Waals surface area contributed by atoms with Gasteiger partial charge in [0.2, 0.25) is 27.6 Å². The van der Waals surface area contributed by atoms with Gasteiger partial charge < -0.3 is 25.8 Å². The monoisotopic (exact) mass is 640 g/mol. The number of carbonyl (C=O) groups is 4. The zero-order valence-corrected chi connectivity index (χ0v) is 26.6. The second kappa shape index (κ2) is 15.4. The van der Waals surface area contributed by atoms with Crippen LogP contribution in [-0.4, -0.2) is 63.2 Å². The predicted octanol–water partition coefficient (Wildman–Crippen LogP) is 1.74. The van der Waals surface area contributed by atoms with Crippen LogP contribution >= 0.6 is 0 Å². The van der Waals surface area contributed by atoms with E-state index in [1.807, 2.05) is 38.9 Å². The van der Waals surface area contributed by atoms with E-state index >= 15 is 0 Å². The van der Waals surface area contributed by atoms with Gasteiger partial charge in [-0.15, -0.1) is 0 Å². The summed E-state index contributed by atoms with van der Waals surface area (Å²) in [5.41, 5.74) is 4.94. The average molecular weight is 641 g/mol. The van der Waals surface area contributed by atoms with E-state index < -0.39 is 52.1 Å². The number of nitrogens with one attached hydrogen (secondary N) is 3. The van der Waals surface area contributed by atoms with E-state index in [2.05, 4.69) is 15.4 Å². The van der Waals surface area contributed by atoms with Crippen LogP contribution in [0.5, 0.6) is 0 Å². The molecule has 0 spiro atoms. The minimum atomic E-state index is -4.38. The number of amides is 3. The number of primary amides is 1. The minimum Gasteiger partial charge on any atom is -0.377 e. The number of rotatable bonds is 16. The van der Waals surface area contributed by atoms with Crippen LogP contribution in [0.25, 0.3) is 10.8 Å². The molecule has 0 aliphatic rings. The van der Waals surface area contributed by atoms with Crippen LogP contribution in [0.1, 0.15) is 39.5 Å². The van der Waals surface area contributed by atoms with Crippen molar-refractivity contribution < 1.29 is 27.6 Å². The van der Waals surface area contributed by atoms with Gasteiger partial charge in [-0.3, -0.25) is 24.0 Å². The summed E-state index contributed by atoms with van der Waals surface area (Å²) in [4.78, 5) is 64.1. The zero-order chi connectivity index (χ0) is 33.3. The third-order valence-electron chi connectivity index (χ3n) is 7.51. The van der Waals surface area contributed by atoms with Crippen molar-refractivity contribution in [2.45, 2.75) is 57.0 Å². The van der Waals surface area contributed by atoms with Crippen LogP contribution < -0.4 is 31.5 Å². The molecular weight excluding hydrogens is 600 g/mol. The smallest absolute Gasteiger partial charge is 0.284 e. The van der Waals surface area contributed by atoms with Crippen molar-refractivity contribution >= 4 is 55.7 Å². The fourth-order valence-electron chi connectivity index (χ4n) is 4.80. The van der Waals surface area contributed by atoms with Gasteiger partial charge in [-0.1, -0.05) is 51.0 Å². The van der Waals surface area contributed by atoms with Crippen molar-refractivity contribution in [3.63, 3.8) is 0 Å². The Morgan fingerprint density at radius 3 is 2.27 bits per heavy atom. The molecular formula is C31H40N6O7S. The molecule has 45 heavy (non-hydrogen) atoms. The molecule has 0 bridgehead atoms. The van der Waals surface area contributed by atoms with Crippen molar-refractivity contribution in [1.29, 1.82) is 0 Å². The largest absolute Gasteiger partial charge is 0.377 e. The molecule has 0 aliphatic heterocycles. The Morgan fingerprint density at radius 2 is 1.62 bits per heavy atom. The van der Waals surface area contributed by atoms with Crippen LogP contribution in [0.3, 0.4) is 0 Å². The molecule has 0 aliphatic carbocycles. The van der Waals surface area contributed by atoms with Gasteiger partial charge in [0.25, 0.3) is 11.5 Å². The standard InChI is InChI=1S/C31H40N6O7S/c1-5-20(6-2)18-33-28(39)19-37-17-9-12-24(31(37)42)34-30(41)23(15-16-26(38)29(32)40)35-45(43,44)27-14-8-10-21-22(27)11-7-13-25(21)36(3)4/h7-14,17,20,23,35H,5-6,15-16,18-19H2,1-4H3,(H2,32,40)(H,33,39)(H,34,41). The Kier molecular flexibility index (Phi) is 12.0. The highest BCUT2D eigenvalue weighted by molar-refractivity contribution is 7.89. The second-order valence-corrected chi connectivity index (χ2v) is 12.5. The van der Waals surface area contributed by atoms with Gasteiger partial charge >= 0.3 is 0 Å². The summed E-state index contributed by atoms with van der Waals surface area (Å²) in [6.45, 7) is 4.23. The van der Waals surface area contributed by atoms with Gasteiger partial charge in [0.05, 0.1) is 4.90 Å². The first kappa shape index (κ1) is 34.9. The maximum Gasteiger partial charge on any atom is 0.284 e. The summed E-state index contributed by atoms with van der Waals surface area (Å²) in [6, 6.07) is 11.1. The van der Waals surface area contributed by atoms with E-state index in [0.29, 0.717) is 23.2 Å². The lowest BCUT2D eigenvalue weighted by Gasteiger charge is -2.20. The molecule has 1 unspecified atom stereocenters. The van der Waals surface area contributed by atoms with E-state index in [1.165, 1.54) is 24.4 Å². The summed E-state index contributed by atoms with van der Waals surface area (Å²) in [6.07, 6.45) is 2.24. The van der Waals surface area contributed by atoms with E-state index in [-0.39, 0.29) is 23.0 Å². The van der Waals surface area contributed by atoms with Gasteiger partial charge in [0.15, 0.2) is 0 Å². The highest BCUT2D eigenvalue weighted by atomic mass is 32.2. The molecule has 14 heteroatoms. The van der Waals surface area contributed by atoms with E-state index in [9.17, 15) is 32.4 Å². The van der Waals surface area contributed by atoms with Gasteiger partial charge in [-0.05, 0) is 36.6 Å². The molecule has 1 atom stereocenters. The first-order chi connectivity index (χ1) is 21.3. The second-order valence-electron chi connectivity index (χ2n) is 10.9. The molecule has 2 aromatic carbocycles. The number of fused-ring (bicyclic) bond motifs is 1. The van der Waals surface area contributed by atoms with Crippen LogP contribution in [-0.2, 0) is 35.7 Å². The molecule has 3 aromatic rings. The maximum atomic E-state index is 13.7. The average Bonchev–Trinajstić information content (AvgIpc) is 3.00. The van der Waals surface area contributed by atoms with Gasteiger partial charge in [-0.2, -0.15) is 4.72 Å². The highest BCUT2D eigenvalue weighted by Crippen LogP contribution is 2.30. The normalized spacial score (nSPS) is 12.1. The number of carbonyl (C=O) groups excluding carboxylic acids is 4. The number of ketones is 1. The minimum absolute atomic E-state index is 0.107. The third kappa shape index (κ3) is 8.99. The van der Waals surface area contributed by atoms with Crippen molar-refractivity contribution in [3.05, 3.63) is 65.1 Å². The Hall–Kier alpha value is -4.56. The number of sulfonamides is 1. The Balaban J connectivity index is 1.89. The lowest BCUT2D eigenvalue weighted by atomic mass is 10.0. The van der Waals surface area contributed by atoms with Gasteiger partial charge in [0.1, 0.15) is 18.3 Å². The zero-order valence-electron chi connectivity index (χ0n) is 25.8. The summed E-state index contributed by atoms with van der Waals surface area (Å²) in [7, 11) is -0.735.